The average Bonchev–Trinajstić information content (AvgIpc) is 2.51. The summed E-state index contributed by atoms with van der Waals surface area (Å²) in [5.41, 5.74) is 0.256. The van der Waals surface area contributed by atoms with E-state index in [-0.39, 0.29) is 24.0 Å². The van der Waals surface area contributed by atoms with Gasteiger partial charge in [0.15, 0.2) is 0 Å². The second kappa shape index (κ2) is 8.17. The number of carbonyl (C=O) groups is 2. The molecule has 1 aromatic carbocycles. The lowest BCUT2D eigenvalue weighted by atomic mass is 9.90. The first-order valence-electron chi connectivity index (χ1n) is 8.72. The van der Waals surface area contributed by atoms with Gasteiger partial charge in [-0.05, 0) is 74.7 Å². The second-order valence-electron chi connectivity index (χ2n) is 7.74. The van der Waals surface area contributed by atoms with Gasteiger partial charge in [0.2, 0.25) is 5.91 Å². The van der Waals surface area contributed by atoms with Gasteiger partial charge in [-0.25, -0.2) is 4.79 Å². The summed E-state index contributed by atoms with van der Waals surface area (Å²) in [5.74, 6) is -0.0834. The molecular formula is C19H26BrClN2O3. The number of rotatable bonds is 2. The fraction of sp³-hybridized carbons (Fsp3) is 0.579. The maximum atomic E-state index is 12.9. The molecule has 0 aromatic heterocycles. The Labute approximate surface area is 168 Å². The lowest BCUT2D eigenvalue weighted by molar-refractivity contribution is -0.124. The molecule has 144 valence electrons. The highest BCUT2D eigenvalue weighted by atomic mass is 79.9. The molecule has 2 unspecified atom stereocenters. The molecule has 0 saturated carbocycles. The number of hydrogen-bond donors (Lipinski definition) is 0. The Bertz CT molecular complexity index is 690. The van der Waals surface area contributed by atoms with Gasteiger partial charge in [-0.15, -0.1) is 0 Å². The number of benzene rings is 1. The van der Waals surface area contributed by atoms with Gasteiger partial charge in [0.1, 0.15) is 5.60 Å². The van der Waals surface area contributed by atoms with E-state index >= 15 is 0 Å². The smallest absolute Gasteiger partial charge is 0.410 e. The van der Waals surface area contributed by atoms with Crippen LogP contribution in [0.2, 0.25) is 5.02 Å². The number of likely N-dealkylation sites (tertiary alicyclic amines) is 1. The van der Waals surface area contributed by atoms with E-state index in [2.05, 4.69) is 15.9 Å². The first-order valence-corrected chi connectivity index (χ1v) is 9.89. The summed E-state index contributed by atoms with van der Waals surface area (Å²) in [6, 6.07) is 5.31. The molecule has 7 heteroatoms. The monoisotopic (exact) mass is 444 g/mol. The van der Waals surface area contributed by atoms with E-state index in [1.54, 1.807) is 29.0 Å². The van der Waals surface area contributed by atoms with Crippen molar-refractivity contribution in [3.05, 3.63) is 27.7 Å². The molecule has 1 heterocycles. The molecule has 1 saturated heterocycles. The Hall–Kier alpha value is -1.27. The summed E-state index contributed by atoms with van der Waals surface area (Å²) in [6.07, 6.45) is 0.927. The van der Waals surface area contributed by atoms with Crippen LogP contribution in [0, 0.1) is 5.92 Å². The molecule has 2 atom stereocenters. The molecule has 2 rings (SSSR count). The van der Waals surface area contributed by atoms with Crippen molar-refractivity contribution in [1.29, 1.82) is 0 Å². The second-order valence-corrected chi connectivity index (χ2v) is 9.03. The van der Waals surface area contributed by atoms with Crippen LogP contribution >= 0.6 is 27.5 Å². The molecule has 0 radical (unpaired) electrons. The minimum absolute atomic E-state index is 0.0451. The van der Waals surface area contributed by atoms with Crippen LogP contribution in [-0.2, 0) is 9.53 Å². The number of piperidine rings is 1. The highest BCUT2D eigenvalue weighted by Crippen LogP contribution is 2.32. The van der Waals surface area contributed by atoms with Crippen molar-refractivity contribution in [1.82, 2.24) is 4.90 Å². The van der Waals surface area contributed by atoms with E-state index in [1.807, 2.05) is 33.8 Å². The number of anilines is 1. The summed E-state index contributed by atoms with van der Waals surface area (Å²) in [7, 11) is 1.77. The maximum absolute atomic E-state index is 12.9. The number of carbonyl (C=O) groups excluding carboxylic acids is 2. The molecule has 2 amide bonds. The summed E-state index contributed by atoms with van der Waals surface area (Å²) >= 11 is 9.44. The molecule has 1 fully saturated rings. The quantitative estimate of drug-likeness (QED) is 0.636. The van der Waals surface area contributed by atoms with Crippen LogP contribution in [-0.4, -0.2) is 42.1 Å². The number of hydrogen-bond acceptors (Lipinski definition) is 3. The number of amides is 2. The zero-order valence-electron chi connectivity index (χ0n) is 15.9. The normalized spacial score (nSPS) is 20.7. The first kappa shape index (κ1) is 21.0. The van der Waals surface area contributed by atoms with Gasteiger partial charge in [-0.1, -0.05) is 11.6 Å². The molecule has 5 nitrogen and oxygen atoms in total. The van der Waals surface area contributed by atoms with Gasteiger partial charge < -0.3 is 14.5 Å². The molecule has 1 aromatic rings. The molecule has 0 aliphatic carbocycles. The minimum Gasteiger partial charge on any atom is -0.444 e. The van der Waals surface area contributed by atoms with Crippen molar-refractivity contribution in [2.45, 2.75) is 52.2 Å². The van der Waals surface area contributed by atoms with Gasteiger partial charge in [0, 0.05) is 35.0 Å². The van der Waals surface area contributed by atoms with Gasteiger partial charge in [0.25, 0.3) is 0 Å². The van der Waals surface area contributed by atoms with Crippen molar-refractivity contribution in [3.8, 4) is 0 Å². The minimum atomic E-state index is -0.523. The van der Waals surface area contributed by atoms with Crippen LogP contribution in [0.15, 0.2) is 22.7 Å². The van der Waals surface area contributed by atoms with E-state index in [0.29, 0.717) is 24.4 Å². The molecule has 26 heavy (non-hydrogen) atoms. The van der Waals surface area contributed by atoms with Gasteiger partial charge in [-0.2, -0.15) is 0 Å². The van der Waals surface area contributed by atoms with Crippen molar-refractivity contribution in [2.75, 3.05) is 18.5 Å². The highest BCUT2D eigenvalue weighted by molar-refractivity contribution is 9.10. The van der Waals surface area contributed by atoms with E-state index < -0.39 is 5.60 Å². The van der Waals surface area contributed by atoms with E-state index in [9.17, 15) is 9.59 Å². The van der Waals surface area contributed by atoms with Gasteiger partial charge in [0.05, 0.1) is 5.69 Å². The molecule has 0 bridgehead atoms. The third-order valence-corrected chi connectivity index (χ3v) is 5.33. The fourth-order valence-electron chi connectivity index (χ4n) is 3.13. The maximum Gasteiger partial charge on any atom is 0.410 e. The Morgan fingerprint density at radius 1 is 1.35 bits per heavy atom. The molecule has 0 spiro atoms. The molecule has 1 aliphatic rings. The van der Waals surface area contributed by atoms with Crippen molar-refractivity contribution in [2.24, 2.45) is 5.92 Å². The topological polar surface area (TPSA) is 49.9 Å². The lowest BCUT2D eigenvalue weighted by Crippen LogP contribution is -2.49. The summed E-state index contributed by atoms with van der Waals surface area (Å²) in [5, 5.41) is 0.612. The highest BCUT2D eigenvalue weighted by Gasteiger charge is 2.35. The fourth-order valence-corrected chi connectivity index (χ4v) is 4.08. The van der Waals surface area contributed by atoms with Crippen molar-refractivity contribution in [3.63, 3.8) is 0 Å². The Kier molecular flexibility index (Phi) is 6.61. The van der Waals surface area contributed by atoms with Gasteiger partial charge >= 0.3 is 6.09 Å². The Morgan fingerprint density at radius 2 is 2.00 bits per heavy atom. The van der Waals surface area contributed by atoms with Crippen LogP contribution in [0.5, 0.6) is 0 Å². The van der Waals surface area contributed by atoms with Crippen LogP contribution in [0.1, 0.15) is 40.5 Å². The average molecular weight is 446 g/mol. The van der Waals surface area contributed by atoms with Crippen molar-refractivity contribution >= 4 is 45.2 Å². The SMILES string of the molecule is CC1CC(C(=O)N(C)c2ccc(Cl)cc2Br)CCN1C(=O)OC(C)(C)C. The molecular weight excluding hydrogens is 420 g/mol. The Balaban J connectivity index is 2.03. The zero-order chi connectivity index (χ0) is 19.6. The van der Waals surface area contributed by atoms with E-state index in [4.69, 9.17) is 16.3 Å². The lowest BCUT2D eigenvalue weighted by Gasteiger charge is -2.38. The van der Waals surface area contributed by atoms with Crippen molar-refractivity contribution < 1.29 is 14.3 Å². The Morgan fingerprint density at radius 3 is 2.54 bits per heavy atom. The number of halogens is 2. The third-order valence-electron chi connectivity index (χ3n) is 4.46. The predicted molar refractivity (Wildman–Crippen MR) is 108 cm³/mol. The summed E-state index contributed by atoms with van der Waals surface area (Å²) < 4.78 is 6.24. The number of nitrogens with zero attached hydrogens (tertiary/aromatic N) is 2. The third kappa shape index (κ3) is 5.13. The van der Waals surface area contributed by atoms with Crippen LogP contribution in [0.3, 0.4) is 0 Å². The van der Waals surface area contributed by atoms with Crippen LogP contribution < -0.4 is 4.90 Å². The largest absolute Gasteiger partial charge is 0.444 e. The van der Waals surface area contributed by atoms with E-state index in [0.717, 1.165) is 10.2 Å². The predicted octanol–water partition coefficient (Wildman–Crippen LogP) is 5.10. The van der Waals surface area contributed by atoms with E-state index in [1.165, 1.54) is 0 Å². The zero-order valence-corrected chi connectivity index (χ0v) is 18.2. The molecule has 0 N–H and O–H groups in total. The first-order chi connectivity index (χ1) is 12.0. The van der Waals surface area contributed by atoms with Gasteiger partial charge in [-0.3, -0.25) is 4.79 Å². The van der Waals surface area contributed by atoms with Crippen LogP contribution in [0.25, 0.3) is 0 Å². The summed E-state index contributed by atoms with van der Waals surface area (Å²) in [4.78, 5) is 28.6. The molecule has 1 aliphatic heterocycles. The number of ether oxygens (including phenoxy) is 1. The standard InChI is InChI=1S/C19H26BrClN2O3/c1-12-10-13(8-9-23(12)18(25)26-19(2,3)4)17(24)22(5)16-7-6-14(21)11-15(16)20/h6-7,11-13H,8-10H2,1-5H3. The summed E-state index contributed by atoms with van der Waals surface area (Å²) in [6.45, 7) is 8.03. The van der Waals surface area contributed by atoms with Crippen LogP contribution in [0.4, 0.5) is 10.5 Å².